The number of halogens is 1. The number of aryl methyl sites for hydroxylation is 1. The van der Waals surface area contributed by atoms with Crippen LogP contribution in [0.3, 0.4) is 0 Å². The lowest BCUT2D eigenvalue weighted by Gasteiger charge is -2.00. The second-order valence-electron chi connectivity index (χ2n) is 4.26. The Morgan fingerprint density at radius 1 is 1.35 bits per heavy atom. The summed E-state index contributed by atoms with van der Waals surface area (Å²) in [6.45, 7) is 0. The molecular weight excluding hydrogens is 278 g/mol. The van der Waals surface area contributed by atoms with Crippen LogP contribution >= 0.6 is 11.6 Å². The highest BCUT2D eigenvalue weighted by Crippen LogP contribution is 2.23. The quantitative estimate of drug-likeness (QED) is 0.629. The van der Waals surface area contributed by atoms with Crippen molar-refractivity contribution in [3.63, 3.8) is 0 Å². The van der Waals surface area contributed by atoms with E-state index in [4.69, 9.17) is 16.3 Å². The summed E-state index contributed by atoms with van der Waals surface area (Å²) >= 11 is 6.06. The van der Waals surface area contributed by atoms with Crippen LogP contribution in [0.2, 0.25) is 5.02 Å². The summed E-state index contributed by atoms with van der Waals surface area (Å²) in [7, 11) is 1.80. The Morgan fingerprint density at radius 2 is 2.15 bits per heavy atom. The van der Waals surface area contributed by atoms with E-state index in [1.54, 1.807) is 54.5 Å². The van der Waals surface area contributed by atoms with Gasteiger partial charge in [0.15, 0.2) is 5.70 Å². The Bertz CT molecular complexity index is 746. The van der Waals surface area contributed by atoms with Crippen molar-refractivity contribution in [3.8, 4) is 0 Å². The minimum atomic E-state index is -0.497. The van der Waals surface area contributed by atoms with Crippen molar-refractivity contribution in [2.75, 3.05) is 0 Å². The van der Waals surface area contributed by atoms with Crippen LogP contribution in [0.1, 0.15) is 11.1 Å². The predicted molar refractivity (Wildman–Crippen MR) is 75.3 cm³/mol. The minimum absolute atomic E-state index is 0.218. The molecule has 5 nitrogen and oxygen atoms in total. The maximum Gasteiger partial charge on any atom is 0.363 e. The Labute approximate surface area is 120 Å². The van der Waals surface area contributed by atoms with E-state index < -0.39 is 5.97 Å². The van der Waals surface area contributed by atoms with Gasteiger partial charge in [0.1, 0.15) is 0 Å². The molecule has 2 aromatic rings. The molecule has 1 aliphatic rings. The number of hydrogen-bond acceptors (Lipinski definition) is 4. The van der Waals surface area contributed by atoms with Crippen LogP contribution in [0, 0.1) is 0 Å². The van der Waals surface area contributed by atoms with Crippen molar-refractivity contribution in [1.29, 1.82) is 0 Å². The molecule has 0 N–H and O–H groups in total. The highest BCUT2D eigenvalue weighted by Gasteiger charge is 2.25. The van der Waals surface area contributed by atoms with Gasteiger partial charge in [-0.25, -0.2) is 9.79 Å². The fourth-order valence-electron chi connectivity index (χ4n) is 1.83. The van der Waals surface area contributed by atoms with E-state index in [0.29, 0.717) is 10.6 Å². The van der Waals surface area contributed by atoms with E-state index in [1.165, 1.54) is 0 Å². The zero-order chi connectivity index (χ0) is 14.1. The van der Waals surface area contributed by atoms with Gasteiger partial charge in [-0.2, -0.15) is 5.10 Å². The molecule has 1 aromatic carbocycles. The smallest absolute Gasteiger partial charge is 0.363 e. The zero-order valence-corrected chi connectivity index (χ0v) is 11.3. The average Bonchev–Trinajstić information content (AvgIpc) is 2.98. The lowest BCUT2D eigenvalue weighted by Crippen LogP contribution is -2.05. The Hall–Kier alpha value is -2.40. The summed E-state index contributed by atoms with van der Waals surface area (Å²) in [5, 5.41) is 4.51. The Kier molecular flexibility index (Phi) is 3.12. The van der Waals surface area contributed by atoms with Gasteiger partial charge in [0.05, 0.1) is 16.8 Å². The summed E-state index contributed by atoms with van der Waals surface area (Å²) in [4.78, 5) is 16.0. The SMILES string of the molecule is Cn1cc(/C=C2\N=C(c3ccccc3Cl)OC2=O)cn1. The number of esters is 1. The third kappa shape index (κ3) is 2.35. The maximum absolute atomic E-state index is 11.8. The van der Waals surface area contributed by atoms with Gasteiger partial charge >= 0.3 is 5.97 Å². The molecule has 2 heterocycles. The molecule has 0 fully saturated rings. The number of aliphatic imine (C=N–C) groups is 1. The van der Waals surface area contributed by atoms with Gasteiger partial charge in [0.2, 0.25) is 5.90 Å². The predicted octanol–water partition coefficient (Wildman–Crippen LogP) is 2.42. The molecule has 20 heavy (non-hydrogen) atoms. The lowest BCUT2D eigenvalue weighted by atomic mass is 10.2. The second kappa shape index (κ2) is 4.94. The van der Waals surface area contributed by atoms with Crippen molar-refractivity contribution >= 4 is 29.5 Å². The van der Waals surface area contributed by atoms with Crippen LogP contribution in [0.5, 0.6) is 0 Å². The van der Waals surface area contributed by atoms with Crippen LogP contribution in [0.15, 0.2) is 47.3 Å². The summed E-state index contributed by atoms with van der Waals surface area (Å²) in [6.07, 6.45) is 5.05. The minimum Gasteiger partial charge on any atom is -0.402 e. The van der Waals surface area contributed by atoms with Gasteiger partial charge in [-0.05, 0) is 18.2 Å². The number of ether oxygens (including phenoxy) is 1. The van der Waals surface area contributed by atoms with E-state index in [0.717, 1.165) is 5.56 Å². The molecule has 0 radical (unpaired) electrons. The molecule has 1 aromatic heterocycles. The molecular formula is C14H10ClN3O2. The first kappa shape index (κ1) is 12.6. The molecule has 0 bridgehead atoms. The van der Waals surface area contributed by atoms with E-state index >= 15 is 0 Å². The molecule has 100 valence electrons. The first-order valence-corrected chi connectivity index (χ1v) is 6.27. The summed E-state index contributed by atoms with van der Waals surface area (Å²) < 4.78 is 6.80. The van der Waals surface area contributed by atoms with Gasteiger partial charge in [-0.1, -0.05) is 23.7 Å². The number of carbonyl (C=O) groups is 1. The molecule has 0 saturated carbocycles. The van der Waals surface area contributed by atoms with E-state index in [1.807, 2.05) is 0 Å². The second-order valence-corrected chi connectivity index (χ2v) is 4.67. The summed E-state index contributed by atoms with van der Waals surface area (Å²) in [6, 6.07) is 7.08. The highest BCUT2D eigenvalue weighted by molar-refractivity contribution is 6.34. The van der Waals surface area contributed by atoms with Crippen LogP contribution in [-0.2, 0) is 16.6 Å². The van der Waals surface area contributed by atoms with Gasteiger partial charge in [-0.15, -0.1) is 0 Å². The maximum atomic E-state index is 11.8. The standard InChI is InChI=1S/C14H10ClN3O2/c1-18-8-9(7-16-18)6-12-14(19)20-13(17-12)10-4-2-3-5-11(10)15/h2-8H,1H3/b12-6-. The number of cyclic esters (lactones) is 1. The first-order valence-electron chi connectivity index (χ1n) is 5.89. The van der Waals surface area contributed by atoms with Gasteiger partial charge < -0.3 is 4.74 Å². The molecule has 6 heteroatoms. The summed E-state index contributed by atoms with van der Waals surface area (Å²) in [5.41, 5.74) is 1.61. The number of aromatic nitrogens is 2. The molecule has 3 rings (SSSR count). The topological polar surface area (TPSA) is 56.5 Å². The number of nitrogens with zero attached hydrogens (tertiary/aromatic N) is 3. The monoisotopic (exact) mass is 287 g/mol. The molecule has 0 saturated heterocycles. The van der Waals surface area contributed by atoms with E-state index in [2.05, 4.69) is 10.1 Å². The largest absolute Gasteiger partial charge is 0.402 e. The summed E-state index contributed by atoms with van der Waals surface area (Å²) in [5.74, 6) is -0.278. The lowest BCUT2D eigenvalue weighted by molar-refractivity contribution is -0.129. The normalized spacial score (nSPS) is 16.4. The number of hydrogen-bond donors (Lipinski definition) is 0. The van der Waals surface area contributed by atoms with Crippen molar-refractivity contribution < 1.29 is 9.53 Å². The van der Waals surface area contributed by atoms with Crippen LogP contribution in [-0.4, -0.2) is 21.6 Å². The van der Waals surface area contributed by atoms with E-state index in [-0.39, 0.29) is 11.6 Å². The highest BCUT2D eigenvalue weighted by atomic mass is 35.5. The zero-order valence-electron chi connectivity index (χ0n) is 10.6. The van der Waals surface area contributed by atoms with Crippen molar-refractivity contribution in [2.45, 2.75) is 0 Å². The van der Waals surface area contributed by atoms with Gasteiger partial charge in [-0.3, -0.25) is 4.68 Å². The molecule has 0 atom stereocenters. The van der Waals surface area contributed by atoms with E-state index in [9.17, 15) is 4.79 Å². The van der Waals surface area contributed by atoms with Gasteiger partial charge in [0.25, 0.3) is 0 Å². The Balaban J connectivity index is 1.97. The van der Waals surface area contributed by atoms with Crippen LogP contribution in [0.4, 0.5) is 0 Å². The third-order valence-electron chi connectivity index (χ3n) is 2.75. The Morgan fingerprint density at radius 3 is 2.85 bits per heavy atom. The number of benzene rings is 1. The van der Waals surface area contributed by atoms with Gasteiger partial charge in [0, 0.05) is 18.8 Å². The first-order chi connectivity index (χ1) is 9.63. The molecule has 0 unspecified atom stereocenters. The van der Waals surface area contributed by atoms with Crippen LogP contribution < -0.4 is 0 Å². The average molecular weight is 288 g/mol. The van der Waals surface area contributed by atoms with Crippen molar-refractivity contribution in [1.82, 2.24) is 9.78 Å². The van der Waals surface area contributed by atoms with Crippen molar-refractivity contribution in [2.24, 2.45) is 12.0 Å². The molecule has 1 aliphatic heterocycles. The number of rotatable bonds is 2. The third-order valence-corrected chi connectivity index (χ3v) is 3.08. The fourth-order valence-corrected chi connectivity index (χ4v) is 2.05. The molecule has 0 aliphatic carbocycles. The fraction of sp³-hybridized carbons (Fsp3) is 0.0714. The molecule has 0 spiro atoms. The van der Waals surface area contributed by atoms with Crippen LogP contribution in [0.25, 0.3) is 6.08 Å². The molecule has 0 amide bonds. The number of carbonyl (C=O) groups excluding carboxylic acids is 1. The van der Waals surface area contributed by atoms with Crippen molar-refractivity contribution in [3.05, 3.63) is 58.5 Å².